The van der Waals surface area contributed by atoms with Crippen LogP contribution in [0.3, 0.4) is 0 Å². The van der Waals surface area contributed by atoms with Crippen molar-refractivity contribution in [2.45, 2.75) is 57.3 Å². The molecule has 0 radical (unpaired) electrons. The molecule has 0 unspecified atom stereocenters. The molecule has 0 aromatic heterocycles. The molecule has 0 amide bonds. The second-order valence-electron chi connectivity index (χ2n) is 6.61. The molecule has 0 spiro atoms. The molecule has 0 bridgehead atoms. The zero-order chi connectivity index (χ0) is 15.4. The first kappa shape index (κ1) is 15.1. The average Bonchev–Trinajstić information content (AvgIpc) is 2.58. The summed E-state index contributed by atoms with van der Waals surface area (Å²) in [7, 11) is 0. The first-order valence-electron chi connectivity index (χ1n) is 8.64. The minimum atomic E-state index is -0.00660. The summed E-state index contributed by atoms with van der Waals surface area (Å²) in [5, 5.41) is 10.6. The van der Waals surface area contributed by atoms with Crippen LogP contribution in [0.2, 0.25) is 0 Å². The van der Waals surface area contributed by atoms with E-state index in [0.717, 1.165) is 31.2 Å². The predicted molar refractivity (Wildman–Crippen MR) is 92.4 cm³/mol. The van der Waals surface area contributed by atoms with Gasteiger partial charge in [0.25, 0.3) is 0 Å². The molecule has 1 aliphatic rings. The number of phenolic OH excluding ortho intramolecular Hbond substituents is 1. The van der Waals surface area contributed by atoms with Gasteiger partial charge in [-0.05, 0) is 36.5 Å². The van der Waals surface area contributed by atoms with Crippen LogP contribution in [-0.4, -0.2) is 5.11 Å². The molecule has 1 nitrogen and oxygen atoms in total. The van der Waals surface area contributed by atoms with Crippen molar-refractivity contribution in [1.82, 2.24) is 0 Å². The lowest BCUT2D eigenvalue weighted by molar-refractivity contribution is 0.332. The maximum atomic E-state index is 10.6. The van der Waals surface area contributed by atoms with Gasteiger partial charge in [-0.2, -0.15) is 0 Å². The quantitative estimate of drug-likeness (QED) is 0.778. The lowest BCUT2D eigenvalue weighted by Gasteiger charge is -2.39. The van der Waals surface area contributed by atoms with Crippen molar-refractivity contribution in [1.29, 1.82) is 0 Å². The SMILES string of the molecule is CCCc1ccc(O)c(C2(c3ccccc3)CCCCC2)c1. The van der Waals surface area contributed by atoms with Gasteiger partial charge in [-0.1, -0.05) is 75.1 Å². The minimum absolute atomic E-state index is 0.00660. The first-order chi connectivity index (χ1) is 10.8. The Morgan fingerprint density at radius 1 is 0.955 bits per heavy atom. The molecule has 1 heteroatoms. The van der Waals surface area contributed by atoms with E-state index in [4.69, 9.17) is 0 Å². The molecule has 116 valence electrons. The van der Waals surface area contributed by atoms with E-state index in [2.05, 4.69) is 49.4 Å². The number of aromatic hydroxyl groups is 1. The summed E-state index contributed by atoms with van der Waals surface area (Å²) in [6.07, 6.45) is 8.30. The largest absolute Gasteiger partial charge is 0.508 e. The second kappa shape index (κ2) is 6.56. The van der Waals surface area contributed by atoms with E-state index in [-0.39, 0.29) is 5.41 Å². The molecule has 3 rings (SSSR count). The number of phenols is 1. The summed E-state index contributed by atoms with van der Waals surface area (Å²) in [6.45, 7) is 2.21. The van der Waals surface area contributed by atoms with Gasteiger partial charge in [0.15, 0.2) is 0 Å². The van der Waals surface area contributed by atoms with Crippen molar-refractivity contribution in [2.24, 2.45) is 0 Å². The van der Waals surface area contributed by atoms with Crippen LogP contribution in [0.1, 0.15) is 62.1 Å². The monoisotopic (exact) mass is 294 g/mol. The van der Waals surface area contributed by atoms with Gasteiger partial charge >= 0.3 is 0 Å². The Morgan fingerprint density at radius 3 is 2.36 bits per heavy atom. The van der Waals surface area contributed by atoms with E-state index in [1.165, 1.54) is 30.4 Å². The summed E-state index contributed by atoms with van der Waals surface area (Å²) >= 11 is 0. The Labute approximate surface area is 134 Å². The lowest BCUT2D eigenvalue weighted by Crippen LogP contribution is -2.30. The highest BCUT2D eigenvalue weighted by molar-refractivity contribution is 5.48. The van der Waals surface area contributed by atoms with E-state index in [1.807, 2.05) is 6.07 Å². The molecule has 2 aromatic carbocycles. The fourth-order valence-corrected chi connectivity index (χ4v) is 4.04. The maximum absolute atomic E-state index is 10.6. The number of rotatable bonds is 4. The standard InChI is InChI=1S/C21H26O/c1-2-9-17-12-13-20(22)19(16-17)21(14-7-4-8-15-21)18-10-5-3-6-11-18/h3,5-6,10-13,16,22H,2,4,7-9,14-15H2,1H3. The van der Waals surface area contributed by atoms with Crippen LogP contribution >= 0.6 is 0 Å². The number of aryl methyl sites for hydroxylation is 1. The van der Waals surface area contributed by atoms with E-state index in [1.54, 1.807) is 0 Å². The summed E-state index contributed by atoms with van der Waals surface area (Å²) in [5.41, 5.74) is 3.84. The van der Waals surface area contributed by atoms with Crippen LogP contribution in [0.25, 0.3) is 0 Å². The van der Waals surface area contributed by atoms with Crippen molar-refractivity contribution in [3.8, 4) is 5.75 Å². The average molecular weight is 294 g/mol. The van der Waals surface area contributed by atoms with Crippen molar-refractivity contribution < 1.29 is 5.11 Å². The summed E-state index contributed by atoms with van der Waals surface area (Å²) < 4.78 is 0. The van der Waals surface area contributed by atoms with Crippen LogP contribution in [0.4, 0.5) is 0 Å². The van der Waals surface area contributed by atoms with Crippen LogP contribution in [0.5, 0.6) is 5.75 Å². The Balaban J connectivity index is 2.12. The maximum Gasteiger partial charge on any atom is 0.119 e. The zero-order valence-electron chi connectivity index (χ0n) is 13.5. The van der Waals surface area contributed by atoms with Crippen molar-refractivity contribution in [3.63, 3.8) is 0 Å². The Kier molecular flexibility index (Phi) is 4.52. The van der Waals surface area contributed by atoms with Gasteiger partial charge in [-0.3, -0.25) is 0 Å². The van der Waals surface area contributed by atoms with Crippen LogP contribution in [-0.2, 0) is 11.8 Å². The molecule has 22 heavy (non-hydrogen) atoms. The van der Waals surface area contributed by atoms with Crippen molar-refractivity contribution in [2.75, 3.05) is 0 Å². The molecule has 1 saturated carbocycles. The van der Waals surface area contributed by atoms with Crippen molar-refractivity contribution >= 4 is 0 Å². The summed E-state index contributed by atoms with van der Waals surface area (Å²) in [5.74, 6) is 0.464. The second-order valence-corrected chi connectivity index (χ2v) is 6.61. The lowest BCUT2D eigenvalue weighted by atomic mass is 9.65. The molecule has 2 aromatic rings. The molecule has 0 aliphatic heterocycles. The normalized spacial score (nSPS) is 17.3. The Morgan fingerprint density at radius 2 is 1.68 bits per heavy atom. The van der Waals surface area contributed by atoms with E-state index >= 15 is 0 Å². The van der Waals surface area contributed by atoms with Gasteiger partial charge in [0.2, 0.25) is 0 Å². The molecule has 0 heterocycles. The number of hydrogen-bond donors (Lipinski definition) is 1. The molecule has 0 atom stereocenters. The molecule has 1 fully saturated rings. The molecular formula is C21H26O. The number of benzene rings is 2. The van der Waals surface area contributed by atoms with Gasteiger partial charge in [-0.25, -0.2) is 0 Å². The van der Waals surface area contributed by atoms with E-state index in [9.17, 15) is 5.11 Å². The fourth-order valence-electron chi connectivity index (χ4n) is 4.04. The van der Waals surface area contributed by atoms with Gasteiger partial charge in [-0.15, -0.1) is 0 Å². The number of hydrogen-bond acceptors (Lipinski definition) is 1. The third-order valence-corrected chi connectivity index (χ3v) is 5.15. The molecule has 0 saturated heterocycles. The molecule has 1 aliphatic carbocycles. The van der Waals surface area contributed by atoms with E-state index in [0.29, 0.717) is 5.75 Å². The summed E-state index contributed by atoms with van der Waals surface area (Å²) in [6, 6.07) is 17.0. The highest BCUT2D eigenvalue weighted by Crippen LogP contribution is 2.47. The Bertz CT molecular complexity index is 609. The third kappa shape index (κ3) is 2.77. The highest BCUT2D eigenvalue weighted by atomic mass is 16.3. The highest BCUT2D eigenvalue weighted by Gasteiger charge is 2.37. The smallest absolute Gasteiger partial charge is 0.119 e. The first-order valence-corrected chi connectivity index (χ1v) is 8.64. The van der Waals surface area contributed by atoms with Crippen LogP contribution in [0, 0.1) is 0 Å². The van der Waals surface area contributed by atoms with Crippen molar-refractivity contribution in [3.05, 3.63) is 65.2 Å². The predicted octanol–water partition coefficient (Wildman–Crippen LogP) is 5.59. The minimum Gasteiger partial charge on any atom is -0.508 e. The third-order valence-electron chi connectivity index (χ3n) is 5.15. The summed E-state index contributed by atoms with van der Waals surface area (Å²) in [4.78, 5) is 0. The topological polar surface area (TPSA) is 20.2 Å². The van der Waals surface area contributed by atoms with E-state index < -0.39 is 0 Å². The Hall–Kier alpha value is -1.76. The zero-order valence-corrected chi connectivity index (χ0v) is 13.5. The van der Waals surface area contributed by atoms with Gasteiger partial charge in [0.05, 0.1) is 0 Å². The van der Waals surface area contributed by atoms with Gasteiger partial charge < -0.3 is 5.11 Å². The van der Waals surface area contributed by atoms with Gasteiger partial charge in [0, 0.05) is 11.0 Å². The van der Waals surface area contributed by atoms with Gasteiger partial charge in [0.1, 0.15) is 5.75 Å². The van der Waals surface area contributed by atoms with Crippen LogP contribution in [0.15, 0.2) is 48.5 Å². The fraction of sp³-hybridized carbons (Fsp3) is 0.429. The molecule has 1 N–H and O–H groups in total. The molecular weight excluding hydrogens is 268 g/mol. The van der Waals surface area contributed by atoms with Crippen LogP contribution < -0.4 is 0 Å².